The summed E-state index contributed by atoms with van der Waals surface area (Å²) in [6.45, 7) is 5.23. The molecule has 2 aliphatic heterocycles. The molecule has 176 valence electrons. The van der Waals surface area contributed by atoms with Crippen LogP contribution in [0.4, 0.5) is 11.4 Å². The van der Waals surface area contributed by atoms with Crippen LogP contribution >= 0.6 is 0 Å². The molecule has 0 amide bonds. The van der Waals surface area contributed by atoms with E-state index in [2.05, 4.69) is 38.6 Å². The molecule has 0 saturated carbocycles. The summed E-state index contributed by atoms with van der Waals surface area (Å²) in [4.78, 5) is 6.62. The van der Waals surface area contributed by atoms with Crippen LogP contribution in [0.1, 0.15) is 23.6 Å². The standard InChI is InChI=1S/C26H28N4O3S/c1-2-34(32,33)29-21-5-3-4-19(14-21)20-6-7-24-23(15-20)26-22(25(17-31)28-24)10-13-30(26)16-18-8-11-27-12-9-18/h2-9,11-12,14-15,22,25-26,28-29,31H,1,10,13,16-17H2/t22-,25-,26-/m1/s1. The van der Waals surface area contributed by atoms with Crippen molar-refractivity contribution in [2.45, 2.75) is 25.0 Å². The van der Waals surface area contributed by atoms with Crippen molar-refractivity contribution in [3.8, 4) is 11.1 Å². The van der Waals surface area contributed by atoms with E-state index in [4.69, 9.17) is 0 Å². The highest BCUT2D eigenvalue weighted by Crippen LogP contribution is 2.47. The average Bonchev–Trinajstić information content (AvgIpc) is 3.27. The number of anilines is 2. The fraction of sp³-hybridized carbons (Fsp3) is 0.269. The van der Waals surface area contributed by atoms with Gasteiger partial charge in [0.05, 0.1) is 12.6 Å². The third kappa shape index (κ3) is 4.44. The number of nitrogens with zero attached hydrogens (tertiary/aromatic N) is 2. The molecule has 0 bridgehead atoms. The molecule has 0 radical (unpaired) electrons. The van der Waals surface area contributed by atoms with Crippen LogP contribution in [0.25, 0.3) is 11.1 Å². The number of fused-ring (bicyclic) bond motifs is 3. The fourth-order valence-electron chi connectivity index (χ4n) is 5.21. The Morgan fingerprint density at radius 3 is 2.71 bits per heavy atom. The number of likely N-dealkylation sites (tertiary alicyclic amines) is 1. The molecule has 3 aromatic rings. The van der Waals surface area contributed by atoms with E-state index in [1.165, 1.54) is 11.1 Å². The lowest BCUT2D eigenvalue weighted by molar-refractivity contribution is 0.172. The summed E-state index contributed by atoms with van der Waals surface area (Å²) in [5.74, 6) is 0.306. The number of nitrogens with one attached hydrogen (secondary N) is 2. The summed E-state index contributed by atoms with van der Waals surface area (Å²) in [5, 5.41) is 14.5. The summed E-state index contributed by atoms with van der Waals surface area (Å²) in [6.07, 6.45) is 4.65. The van der Waals surface area contributed by atoms with Gasteiger partial charge in [0.2, 0.25) is 0 Å². The molecule has 1 saturated heterocycles. The van der Waals surface area contributed by atoms with Crippen molar-refractivity contribution >= 4 is 21.4 Å². The largest absolute Gasteiger partial charge is 0.394 e. The van der Waals surface area contributed by atoms with Crippen molar-refractivity contribution in [2.24, 2.45) is 5.92 Å². The summed E-state index contributed by atoms with van der Waals surface area (Å²) in [5.41, 5.74) is 5.88. The number of sulfonamides is 1. The highest BCUT2D eigenvalue weighted by atomic mass is 32.2. The van der Waals surface area contributed by atoms with Crippen molar-refractivity contribution < 1.29 is 13.5 Å². The van der Waals surface area contributed by atoms with Crippen molar-refractivity contribution in [1.82, 2.24) is 9.88 Å². The molecule has 3 atom stereocenters. The van der Waals surface area contributed by atoms with E-state index < -0.39 is 10.0 Å². The lowest BCUT2D eigenvalue weighted by atomic mass is 9.82. The van der Waals surface area contributed by atoms with Gasteiger partial charge in [-0.3, -0.25) is 14.6 Å². The quantitative estimate of drug-likeness (QED) is 0.478. The second-order valence-corrected chi connectivity index (χ2v) is 10.5. The number of benzene rings is 2. The first-order chi connectivity index (χ1) is 16.5. The summed E-state index contributed by atoms with van der Waals surface area (Å²) in [6, 6.07) is 17.9. The van der Waals surface area contributed by atoms with Crippen molar-refractivity contribution in [1.29, 1.82) is 0 Å². The molecule has 0 unspecified atom stereocenters. The van der Waals surface area contributed by atoms with Gasteiger partial charge in [0.15, 0.2) is 0 Å². The highest BCUT2D eigenvalue weighted by molar-refractivity contribution is 7.95. The molecule has 3 N–H and O–H groups in total. The maximum atomic E-state index is 11.9. The first-order valence-electron chi connectivity index (χ1n) is 11.4. The van der Waals surface area contributed by atoms with E-state index in [0.717, 1.165) is 41.7 Å². The van der Waals surface area contributed by atoms with Crippen LogP contribution < -0.4 is 10.0 Å². The van der Waals surface area contributed by atoms with Gasteiger partial charge in [-0.25, -0.2) is 8.42 Å². The van der Waals surface area contributed by atoms with Gasteiger partial charge in [-0.15, -0.1) is 0 Å². The molecule has 3 heterocycles. The second-order valence-electron chi connectivity index (χ2n) is 8.85. The number of aliphatic hydroxyl groups is 1. The minimum absolute atomic E-state index is 0.0161. The van der Waals surface area contributed by atoms with E-state index in [9.17, 15) is 13.5 Å². The maximum Gasteiger partial charge on any atom is 0.254 e. The minimum Gasteiger partial charge on any atom is -0.394 e. The molecule has 2 aromatic carbocycles. The number of aliphatic hydroxyl groups excluding tert-OH is 1. The lowest BCUT2D eigenvalue weighted by Crippen LogP contribution is -2.41. The SMILES string of the molecule is C=CS(=O)(=O)Nc1cccc(-c2ccc3c(c2)[C@H]2[C@H](CCN2Cc2ccncc2)[C@@H](CO)N3)c1. The normalized spacial score (nSPS) is 21.9. The summed E-state index contributed by atoms with van der Waals surface area (Å²) < 4.78 is 26.3. The Hall–Kier alpha value is -3.20. The van der Waals surface area contributed by atoms with E-state index in [-0.39, 0.29) is 18.7 Å². The van der Waals surface area contributed by atoms with Crippen molar-refractivity contribution in [2.75, 3.05) is 23.2 Å². The predicted molar refractivity (Wildman–Crippen MR) is 135 cm³/mol. The zero-order valence-corrected chi connectivity index (χ0v) is 19.6. The Labute approximate surface area is 200 Å². The van der Waals surface area contributed by atoms with Gasteiger partial charge in [-0.05, 0) is 71.6 Å². The number of rotatable bonds is 7. The van der Waals surface area contributed by atoms with Gasteiger partial charge in [0.1, 0.15) is 0 Å². The van der Waals surface area contributed by atoms with Crippen LogP contribution in [-0.4, -0.2) is 42.6 Å². The molecule has 34 heavy (non-hydrogen) atoms. The predicted octanol–water partition coefficient (Wildman–Crippen LogP) is 3.98. The smallest absolute Gasteiger partial charge is 0.254 e. The van der Waals surface area contributed by atoms with Crippen LogP contribution in [0.5, 0.6) is 0 Å². The zero-order chi connectivity index (χ0) is 23.7. The van der Waals surface area contributed by atoms with Gasteiger partial charge < -0.3 is 10.4 Å². The van der Waals surface area contributed by atoms with Crippen LogP contribution in [0.2, 0.25) is 0 Å². The Kier molecular flexibility index (Phi) is 6.12. The topological polar surface area (TPSA) is 94.6 Å². The molecule has 1 aromatic heterocycles. The van der Waals surface area contributed by atoms with E-state index in [1.807, 2.05) is 48.8 Å². The molecular formula is C26H28N4O3S. The van der Waals surface area contributed by atoms with Crippen molar-refractivity contribution in [3.63, 3.8) is 0 Å². The molecule has 1 fully saturated rings. The molecular weight excluding hydrogens is 448 g/mol. The van der Waals surface area contributed by atoms with Crippen LogP contribution in [-0.2, 0) is 16.6 Å². The number of aromatic nitrogens is 1. The first-order valence-corrected chi connectivity index (χ1v) is 12.9. The fourth-order valence-corrected chi connectivity index (χ4v) is 5.74. The van der Waals surface area contributed by atoms with E-state index in [0.29, 0.717) is 11.6 Å². The van der Waals surface area contributed by atoms with Gasteiger partial charge in [-0.2, -0.15) is 0 Å². The highest BCUT2D eigenvalue weighted by Gasteiger charge is 2.43. The number of hydrogen-bond acceptors (Lipinski definition) is 6. The van der Waals surface area contributed by atoms with Crippen LogP contribution in [0, 0.1) is 5.92 Å². The first kappa shape index (κ1) is 22.6. The third-order valence-corrected chi connectivity index (χ3v) is 7.74. The van der Waals surface area contributed by atoms with Crippen molar-refractivity contribution in [3.05, 3.63) is 90.1 Å². The van der Waals surface area contributed by atoms with Crippen LogP contribution in [0.15, 0.2) is 79.0 Å². The van der Waals surface area contributed by atoms with Gasteiger partial charge >= 0.3 is 0 Å². The Morgan fingerprint density at radius 2 is 1.94 bits per heavy atom. The molecule has 8 heteroatoms. The Bertz CT molecular complexity index is 1300. The molecule has 7 nitrogen and oxygen atoms in total. The molecule has 0 aliphatic carbocycles. The maximum absolute atomic E-state index is 11.9. The summed E-state index contributed by atoms with van der Waals surface area (Å²) >= 11 is 0. The number of hydrogen-bond donors (Lipinski definition) is 3. The monoisotopic (exact) mass is 476 g/mol. The second kappa shape index (κ2) is 9.21. The number of pyridine rings is 1. The molecule has 0 spiro atoms. The van der Waals surface area contributed by atoms with Gasteiger partial charge in [0, 0.05) is 47.7 Å². The van der Waals surface area contributed by atoms with Gasteiger partial charge in [0.25, 0.3) is 10.0 Å². The average molecular weight is 477 g/mol. The zero-order valence-electron chi connectivity index (χ0n) is 18.8. The minimum atomic E-state index is -3.57. The molecule has 2 aliphatic rings. The Balaban J connectivity index is 1.50. The van der Waals surface area contributed by atoms with E-state index in [1.54, 1.807) is 6.07 Å². The molecule has 5 rings (SSSR count). The summed E-state index contributed by atoms with van der Waals surface area (Å²) in [7, 11) is -3.57. The third-order valence-electron chi connectivity index (χ3n) is 6.78. The van der Waals surface area contributed by atoms with E-state index >= 15 is 0 Å². The van der Waals surface area contributed by atoms with Gasteiger partial charge in [-0.1, -0.05) is 24.8 Å². The lowest BCUT2D eigenvalue weighted by Gasteiger charge is -2.39. The van der Waals surface area contributed by atoms with Crippen LogP contribution in [0.3, 0.4) is 0 Å². The Morgan fingerprint density at radius 1 is 1.15 bits per heavy atom.